The summed E-state index contributed by atoms with van der Waals surface area (Å²) in [5, 5.41) is 1.09. The highest BCUT2D eigenvalue weighted by Gasteiger charge is 2.34. The van der Waals surface area contributed by atoms with Crippen molar-refractivity contribution in [2.24, 2.45) is 0 Å². The zero-order valence-electron chi connectivity index (χ0n) is 15.3. The standard InChI is InChI=1S/C21H18N2O3S2/c1-14(12-15-8-4-3-5-9-15)13-18-20(25)23(21(27)28-18)22-19(24)16-10-6-7-11-17(16)26-2/h3-13H,1-2H3,(H,22,24)/b14-12-,18-13-. The first-order valence-electron chi connectivity index (χ1n) is 8.45. The third-order valence-electron chi connectivity index (χ3n) is 3.91. The van der Waals surface area contributed by atoms with Crippen molar-refractivity contribution in [2.45, 2.75) is 6.92 Å². The lowest BCUT2D eigenvalue weighted by atomic mass is 10.1. The maximum Gasteiger partial charge on any atom is 0.285 e. The molecule has 0 unspecified atom stereocenters. The van der Waals surface area contributed by atoms with Gasteiger partial charge in [0.1, 0.15) is 5.75 Å². The van der Waals surface area contributed by atoms with Crippen LogP contribution in [0.1, 0.15) is 22.8 Å². The van der Waals surface area contributed by atoms with E-state index in [1.807, 2.05) is 43.3 Å². The second-order valence-electron chi connectivity index (χ2n) is 5.96. The molecule has 0 saturated carbocycles. The quantitative estimate of drug-likeness (QED) is 0.592. The van der Waals surface area contributed by atoms with Crippen LogP contribution in [0.4, 0.5) is 0 Å². The molecule has 7 heteroatoms. The van der Waals surface area contributed by atoms with Crippen molar-refractivity contribution in [2.75, 3.05) is 7.11 Å². The average molecular weight is 411 g/mol. The molecular weight excluding hydrogens is 392 g/mol. The molecule has 0 spiro atoms. The SMILES string of the molecule is COc1ccccc1C(=O)NN1C(=O)/C(=C/C(C)=C\c2ccccc2)SC1=S. The second-order valence-corrected chi connectivity index (χ2v) is 7.63. The first-order valence-corrected chi connectivity index (χ1v) is 9.67. The van der Waals surface area contributed by atoms with E-state index in [4.69, 9.17) is 17.0 Å². The van der Waals surface area contributed by atoms with Gasteiger partial charge in [0.25, 0.3) is 11.8 Å². The van der Waals surface area contributed by atoms with Crippen molar-refractivity contribution in [1.82, 2.24) is 10.4 Å². The third-order valence-corrected chi connectivity index (χ3v) is 5.21. The zero-order chi connectivity index (χ0) is 20.1. The Hall–Kier alpha value is -2.90. The monoisotopic (exact) mass is 410 g/mol. The Morgan fingerprint density at radius 2 is 1.82 bits per heavy atom. The number of carbonyl (C=O) groups is 2. The van der Waals surface area contributed by atoms with E-state index in [1.165, 1.54) is 7.11 Å². The highest BCUT2D eigenvalue weighted by Crippen LogP contribution is 2.31. The summed E-state index contributed by atoms with van der Waals surface area (Å²) in [5.74, 6) is -0.409. The Bertz CT molecular complexity index is 984. The van der Waals surface area contributed by atoms with E-state index in [1.54, 1.807) is 30.3 Å². The topological polar surface area (TPSA) is 58.6 Å². The molecule has 3 rings (SSSR count). The Balaban J connectivity index is 1.76. The van der Waals surface area contributed by atoms with Gasteiger partial charge in [-0.2, -0.15) is 5.01 Å². The van der Waals surface area contributed by atoms with Gasteiger partial charge in [0.2, 0.25) is 0 Å². The molecule has 0 bridgehead atoms. The minimum absolute atomic E-state index is 0.270. The number of methoxy groups -OCH3 is 1. The fraction of sp³-hybridized carbons (Fsp3) is 0.0952. The number of hydrazine groups is 1. The van der Waals surface area contributed by atoms with Gasteiger partial charge in [-0.05, 0) is 48.5 Å². The van der Waals surface area contributed by atoms with Gasteiger partial charge < -0.3 is 4.74 Å². The molecule has 142 valence electrons. The Labute approximate surface area is 173 Å². The highest BCUT2D eigenvalue weighted by atomic mass is 32.2. The Morgan fingerprint density at radius 1 is 1.14 bits per heavy atom. The number of allylic oxidation sites excluding steroid dienone is 2. The van der Waals surface area contributed by atoms with E-state index in [-0.39, 0.29) is 10.2 Å². The predicted molar refractivity (Wildman–Crippen MR) is 116 cm³/mol. The summed E-state index contributed by atoms with van der Waals surface area (Å²) in [5.41, 5.74) is 4.83. The summed E-state index contributed by atoms with van der Waals surface area (Å²) in [6.45, 7) is 1.91. The molecule has 1 N–H and O–H groups in total. The zero-order valence-corrected chi connectivity index (χ0v) is 17.0. The number of thioether (sulfide) groups is 1. The van der Waals surface area contributed by atoms with Crippen molar-refractivity contribution in [3.63, 3.8) is 0 Å². The van der Waals surface area contributed by atoms with Crippen molar-refractivity contribution < 1.29 is 14.3 Å². The lowest BCUT2D eigenvalue weighted by Crippen LogP contribution is -2.44. The summed E-state index contributed by atoms with van der Waals surface area (Å²) in [7, 11) is 1.48. The van der Waals surface area contributed by atoms with Crippen LogP contribution in [0.5, 0.6) is 5.75 Å². The Kier molecular flexibility index (Phi) is 6.28. The molecule has 0 radical (unpaired) electrons. The number of rotatable bonds is 5. The number of nitrogens with zero attached hydrogens (tertiary/aromatic N) is 1. The molecule has 28 heavy (non-hydrogen) atoms. The number of hydrogen-bond donors (Lipinski definition) is 1. The highest BCUT2D eigenvalue weighted by molar-refractivity contribution is 8.26. The first-order chi connectivity index (χ1) is 13.5. The number of amides is 2. The predicted octanol–water partition coefficient (Wildman–Crippen LogP) is 4.19. The van der Waals surface area contributed by atoms with Gasteiger partial charge in [-0.25, -0.2) is 0 Å². The van der Waals surface area contributed by atoms with Crippen LogP contribution in [-0.2, 0) is 4.79 Å². The van der Waals surface area contributed by atoms with Crippen LogP contribution in [0.2, 0.25) is 0 Å². The van der Waals surface area contributed by atoms with Crippen LogP contribution in [-0.4, -0.2) is 28.3 Å². The first kappa shape index (κ1) is 19.9. The molecule has 1 fully saturated rings. The van der Waals surface area contributed by atoms with Crippen LogP contribution in [0.15, 0.2) is 71.2 Å². The summed E-state index contributed by atoms with van der Waals surface area (Å²) >= 11 is 6.42. The normalized spacial score (nSPS) is 15.9. The van der Waals surface area contributed by atoms with Gasteiger partial charge in [-0.1, -0.05) is 60.3 Å². The Morgan fingerprint density at radius 3 is 2.54 bits per heavy atom. The van der Waals surface area contributed by atoms with Crippen molar-refractivity contribution in [3.8, 4) is 5.75 Å². The van der Waals surface area contributed by atoms with Gasteiger partial charge in [0, 0.05) is 0 Å². The number of benzene rings is 2. The molecule has 2 aromatic rings. The minimum Gasteiger partial charge on any atom is -0.496 e. The summed E-state index contributed by atoms with van der Waals surface area (Å²) in [4.78, 5) is 25.7. The number of thiocarbonyl (C=S) groups is 1. The fourth-order valence-corrected chi connectivity index (χ4v) is 3.85. The smallest absolute Gasteiger partial charge is 0.285 e. The summed E-state index contributed by atoms with van der Waals surface area (Å²) in [6, 6.07) is 16.6. The maximum absolute atomic E-state index is 12.7. The molecule has 1 aliphatic heterocycles. The number of nitrogens with one attached hydrogen (secondary N) is 1. The largest absolute Gasteiger partial charge is 0.496 e. The van der Waals surface area contributed by atoms with E-state index in [0.717, 1.165) is 27.9 Å². The van der Waals surface area contributed by atoms with Crippen LogP contribution in [0.3, 0.4) is 0 Å². The van der Waals surface area contributed by atoms with Gasteiger partial charge in [-0.15, -0.1) is 0 Å². The van der Waals surface area contributed by atoms with E-state index >= 15 is 0 Å². The van der Waals surface area contributed by atoms with Gasteiger partial charge in [0.05, 0.1) is 17.6 Å². The molecular formula is C21H18N2O3S2. The van der Waals surface area contributed by atoms with E-state index < -0.39 is 5.91 Å². The molecule has 1 aliphatic rings. The van der Waals surface area contributed by atoms with Crippen molar-refractivity contribution in [1.29, 1.82) is 0 Å². The number of hydrogen-bond acceptors (Lipinski definition) is 5. The number of ether oxygens (including phenoxy) is 1. The third kappa shape index (κ3) is 4.49. The molecule has 0 aliphatic carbocycles. The van der Waals surface area contributed by atoms with Crippen molar-refractivity contribution >= 4 is 46.2 Å². The van der Waals surface area contributed by atoms with Gasteiger partial charge >= 0.3 is 0 Å². The van der Waals surface area contributed by atoms with Crippen LogP contribution >= 0.6 is 24.0 Å². The molecule has 0 atom stereocenters. The lowest BCUT2D eigenvalue weighted by Gasteiger charge is -2.16. The van der Waals surface area contributed by atoms with E-state index in [2.05, 4.69) is 5.43 Å². The molecule has 1 heterocycles. The van der Waals surface area contributed by atoms with Gasteiger partial charge in [0.15, 0.2) is 4.32 Å². The average Bonchev–Trinajstić information content (AvgIpc) is 2.95. The van der Waals surface area contributed by atoms with Crippen LogP contribution < -0.4 is 10.2 Å². The summed E-state index contributed by atoms with van der Waals surface area (Å²) < 4.78 is 5.46. The van der Waals surface area contributed by atoms with Crippen LogP contribution in [0.25, 0.3) is 6.08 Å². The lowest BCUT2D eigenvalue weighted by molar-refractivity contribution is -0.123. The number of para-hydroxylation sites is 1. The fourth-order valence-electron chi connectivity index (χ4n) is 2.62. The van der Waals surface area contributed by atoms with E-state index in [0.29, 0.717) is 16.2 Å². The molecule has 5 nitrogen and oxygen atoms in total. The summed E-state index contributed by atoms with van der Waals surface area (Å²) in [6.07, 6.45) is 3.74. The minimum atomic E-state index is -0.466. The maximum atomic E-state index is 12.7. The molecule has 1 saturated heterocycles. The van der Waals surface area contributed by atoms with Crippen molar-refractivity contribution in [3.05, 3.63) is 82.3 Å². The number of carbonyl (C=O) groups excluding carboxylic acids is 2. The van der Waals surface area contributed by atoms with E-state index in [9.17, 15) is 9.59 Å². The second kappa shape index (κ2) is 8.86. The molecule has 2 aromatic carbocycles. The van der Waals surface area contributed by atoms with Gasteiger partial charge in [-0.3, -0.25) is 15.0 Å². The molecule has 2 amide bonds. The van der Waals surface area contributed by atoms with Crippen LogP contribution in [0, 0.1) is 0 Å². The molecule has 0 aromatic heterocycles.